The summed E-state index contributed by atoms with van der Waals surface area (Å²) in [6.45, 7) is 3.79. The highest BCUT2D eigenvalue weighted by molar-refractivity contribution is 6.08. The van der Waals surface area contributed by atoms with Crippen molar-refractivity contribution in [1.29, 1.82) is 0 Å². The number of carbonyl (C=O) groups is 2. The van der Waals surface area contributed by atoms with E-state index < -0.39 is 17.9 Å². The zero-order valence-electron chi connectivity index (χ0n) is 11.7. The van der Waals surface area contributed by atoms with E-state index in [4.69, 9.17) is 0 Å². The first-order valence-electron chi connectivity index (χ1n) is 6.97. The summed E-state index contributed by atoms with van der Waals surface area (Å²) < 4.78 is 13.4. The minimum atomic E-state index is -0.572. The second kappa shape index (κ2) is 6.03. The molecule has 0 spiro atoms. The van der Waals surface area contributed by atoms with Crippen molar-refractivity contribution < 1.29 is 14.0 Å². The number of rotatable bonds is 4. The lowest BCUT2D eigenvalue weighted by Gasteiger charge is -2.38. The monoisotopic (exact) mass is 278 g/mol. The van der Waals surface area contributed by atoms with E-state index in [2.05, 4.69) is 5.32 Å². The van der Waals surface area contributed by atoms with Crippen LogP contribution < -0.4 is 10.2 Å². The number of anilines is 1. The minimum Gasteiger partial charge on any atom is -0.342 e. The van der Waals surface area contributed by atoms with E-state index in [1.54, 1.807) is 12.1 Å². The Morgan fingerprint density at radius 2 is 2.05 bits per heavy atom. The molecule has 108 valence electrons. The minimum absolute atomic E-state index is 0.163. The predicted octanol–water partition coefficient (Wildman–Crippen LogP) is 2.24. The molecule has 1 heterocycles. The highest BCUT2D eigenvalue weighted by atomic mass is 19.1. The summed E-state index contributed by atoms with van der Waals surface area (Å²) in [4.78, 5) is 26.1. The maximum absolute atomic E-state index is 13.4. The molecule has 5 heteroatoms. The van der Waals surface area contributed by atoms with Crippen molar-refractivity contribution in [3.63, 3.8) is 0 Å². The molecule has 2 amide bonds. The molecule has 1 aromatic rings. The number of piperazine rings is 1. The van der Waals surface area contributed by atoms with Crippen LogP contribution in [-0.2, 0) is 9.59 Å². The summed E-state index contributed by atoms with van der Waals surface area (Å²) in [6, 6.07) is 4.73. The van der Waals surface area contributed by atoms with Crippen molar-refractivity contribution in [2.75, 3.05) is 4.90 Å². The third-order valence-corrected chi connectivity index (χ3v) is 3.52. The van der Waals surface area contributed by atoms with Crippen molar-refractivity contribution in [3.8, 4) is 0 Å². The van der Waals surface area contributed by atoms with Crippen LogP contribution in [0.5, 0.6) is 0 Å². The van der Waals surface area contributed by atoms with E-state index in [0.717, 1.165) is 6.42 Å². The van der Waals surface area contributed by atoms with Gasteiger partial charge in [-0.05, 0) is 31.0 Å². The highest BCUT2D eigenvalue weighted by Crippen LogP contribution is 2.24. The Balaban J connectivity index is 2.38. The van der Waals surface area contributed by atoms with Gasteiger partial charge in [0.15, 0.2) is 0 Å². The standard InChI is InChI=1S/C15H19FN2O2/c1-3-6-12-15(20)18(13(4-2)14(19)17-12)11-8-5-7-10(16)9-11/h5,7-9,12-13H,3-4,6H2,1-2H3,(H,17,19). The molecule has 4 nitrogen and oxygen atoms in total. The van der Waals surface area contributed by atoms with Gasteiger partial charge in [-0.2, -0.15) is 0 Å². The molecule has 2 atom stereocenters. The summed E-state index contributed by atoms with van der Waals surface area (Å²) in [7, 11) is 0. The molecule has 0 saturated carbocycles. The number of halogens is 1. The molecular formula is C15H19FN2O2. The van der Waals surface area contributed by atoms with Crippen LogP contribution in [0.25, 0.3) is 0 Å². The molecule has 20 heavy (non-hydrogen) atoms. The van der Waals surface area contributed by atoms with Crippen LogP contribution in [0.4, 0.5) is 10.1 Å². The van der Waals surface area contributed by atoms with E-state index in [9.17, 15) is 14.0 Å². The third kappa shape index (κ3) is 2.66. The van der Waals surface area contributed by atoms with Gasteiger partial charge >= 0.3 is 0 Å². The van der Waals surface area contributed by atoms with Gasteiger partial charge in [-0.15, -0.1) is 0 Å². The number of carbonyl (C=O) groups excluding carboxylic acids is 2. The van der Waals surface area contributed by atoms with Crippen LogP contribution in [0.15, 0.2) is 24.3 Å². The highest BCUT2D eigenvalue weighted by Gasteiger charge is 2.39. The Bertz CT molecular complexity index is 518. The lowest BCUT2D eigenvalue weighted by atomic mass is 10.0. The van der Waals surface area contributed by atoms with Crippen LogP contribution in [-0.4, -0.2) is 23.9 Å². The molecule has 2 rings (SSSR count). The van der Waals surface area contributed by atoms with Gasteiger partial charge in [0.05, 0.1) is 0 Å². The molecule has 0 aromatic heterocycles. The van der Waals surface area contributed by atoms with Gasteiger partial charge in [-0.3, -0.25) is 14.5 Å². The Morgan fingerprint density at radius 3 is 2.65 bits per heavy atom. The van der Waals surface area contributed by atoms with Gasteiger partial charge in [-0.25, -0.2) is 4.39 Å². The number of nitrogens with zero attached hydrogens (tertiary/aromatic N) is 1. The van der Waals surface area contributed by atoms with E-state index in [1.807, 2.05) is 13.8 Å². The van der Waals surface area contributed by atoms with Crippen molar-refractivity contribution in [2.24, 2.45) is 0 Å². The molecule has 0 aliphatic carbocycles. The molecule has 2 unspecified atom stereocenters. The Labute approximate surface area is 118 Å². The van der Waals surface area contributed by atoms with Crippen LogP contribution >= 0.6 is 0 Å². The third-order valence-electron chi connectivity index (χ3n) is 3.52. The number of hydrogen-bond acceptors (Lipinski definition) is 2. The summed E-state index contributed by atoms with van der Waals surface area (Å²) >= 11 is 0. The number of amides is 2. The second-order valence-corrected chi connectivity index (χ2v) is 4.96. The first-order chi connectivity index (χ1) is 9.58. The summed E-state index contributed by atoms with van der Waals surface area (Å²) in [6.07, 6.45) is 1.88. The maximum atomic E-state index is 13.4. The van der Waals surface area contributed by atoms with Crippen molar-refractivity contribution in [2.45, 2.75) is 45.2 Å². The largest absolute Gasteiger partial charge is 0.342 e. The summed E-state index contributed by atoms with van der Waals surface area (Å²) in [5, 5.41) is 2.76. The lowest BCUT2D eigenvalue weighted by molar-refractivity contribution is -0.134. The molecule has 1 aliphatic heterocycles. The predicted molar refractivity (Wildman–Crippen MR) is 74.8 cm³/mol. The van der Waals surface area contributed by atoms with Gasteiger partial charge in [0.25, 0.3) is 0 Å². The first kappa shape index (κ1) is 14.5. The summed E-state index contributed by atoms with van der Waals surface area (Å²) in [5.41, 5.74) is 0.442. The molecular weight excluding hydrogens is 259 g/mol. The number of nitrogens with one attached hydrogen (secondary N) is 1. The average Bonchev–Trinajstić information content (AvgIpc) is 2.42. The quantitative estimate of drug-likeness (QED) is 0.918. The van der Waals surface area contributed by atoms with Crippen LogP contribution in [0, 0.1) is 5.82 Å². The van der Waals surface area contributed by atoms with Crippen LogP contribution in [0.1, 0.15) is 33.1 Å². The fraction of sp³-hybridized carbons (Fsp3) is 0.467. The van der Waals surface area contributed by atoms with Gasteiger partial charge in [0.1, 0.15) is 17.9 Å². The zero-order chi connectivity index (χ0) is 14.7. The molecule has 0 bridgehead atoms. The topological polar surface area (TPSA) is 49.4 Å². The van der Waals surface area contributed by atoms with E-state index in [1.165, 1.54) is 17.0 Å². The lowest BCUT2D eigenvalue weighted by Crippen LogP contribution is -2.63. The summed E-state index contributed by atoms with van der Waals surface area (Å²) in [5.74, 6) is -0.748. The fourth-order valence-corrected chi connectivity index (χ4v) is 2.55. The molecule has 1 aromatic carbocycles. The Morgan fingerprint density at radius 1 is 1.30 bits per heavy atom. The maximum Gasteiger partial charge on any atom is 0.250 e. The molecule has 1 N–H and O–H groups in total. The fourth-order valence-electron chi connectivity index (χ4n) is 2.55. The molecule has 0 radical (unpaired) electrons. The first-order valence-corrected chi connectivity index (χ1v) is 6.97. The molecule has 1 aliphatic rings. The van der Waals surface area contributed by atoms with Crippen molar-refractivity contribution >= 4 is 17.5 Å². The Kier molecular flexibility index (Phi) is 4.37. The van der Waals surface area contributed by atoms with Gasteiger partial charge in [0.2, 0.25) is 11.8 Å². The number of benzene rings is 1. The average molecular weight is 278 g/mol. The number of hydrogen-bond donors (Lipinski definition) is 1. The Hall–Kier alpha value is -1.91. The smallest absolute Gasteiger partial charge is 0.250 e. The van der Waals surface area contributed by atoms with Crippen molar-refractivity contribution in [3.05, 3.63) is 30.1 Å². The second-order valence-electron chi connectivity index (χ2n) is 4.96. The van der Waals surface area contributed by atoms with E-state index in [-0.39, 0.29) is 11.8 Å². The van der Waals surface area contributed by atoms with Gasteiger partial charge in [0, 0.05) is 5.69 Å². The van der Waals surface area contributed by atoms with Gasteiger partial charge in [-0.1, -0.05) is 26.3 Å². The molecule has 1 saturated heterocycles. The van der Waals surface area contributed by atoms with Crippen LogP contribution in [0.2, 0.25) is 0 Å². The SMILES string of the molecule is CCCC1NC(=O)C(CC)N(c2cccc(F)c2)C1=O. The van der Waals surface area contributed by atoms with Crippen LogP contribution in [0.3, 0.4) is 0 Å². The van der Waals surface area contributed by atoms with Crippen molar-refractivity contribution in [1.82, 2.24) is 5.32 Å². The van der Waals surface area contributed by atoms with Gasteiger partial charge < -0.3 is 5.32 Å². The molecule has 1 fully saturated rings. The normalized spacial score (nSPS) is 22.9. The van der Waals surface area contributed by atoms with E-state index >= 15 is 0 Å². The van der Waals surface area contributed by atoms with E-state index in [0.29, 0.717) is 18.5 Å². The zero-order valence-corrected chi connectivity index (χ0v) is 11.7.